The second-order valence-electron chi connectivity index (χ2n) is 6.63. The minimum absolute atomic E-state index is 0.152. The number of carboxylic acid groups (broad SMARTS) is 1. The van der Waals surface area contributed by atoms with Crippen LogP contribution in [0.3, 0.4) is 0 Å². The second kappa shape index (κ2) is 8.14. The molecule has 0 aromatic carbocycles. The largest absolute Gasteiger partial charge is 0.506 e. The molecular weight excluding hydrogens is 292 g/mol. The fraction of sp³-hybridized carbons (Fsp3) is 0.733. The Labute approximate surface area is 131 Å². The summed E-state index contributed by atoms with van der Waals surface area (Å²) in [6, 6.07) is 0. The summed E-state index contributed by atoms with van der Waals surface area (Å²) in [5.74, 6) is -0.608. The third-order valence-electron chi connectivity index (χ3n) is 2.25. The lowest BCUT2D eigenvalue weighted by Crippen LogP contribution is -2.37. The molecule has 1 atom stereocenters. The summed E-state index contributed by atoms with van der Waals surface area (Å²) in [4.78, 5) is 32.7. The van der Waals surface area contributed by atoms with Gasteiger partial charge in [-0.05, 0) is 41.5 Å². The molecule has 0 aliphatic rings. The van der Waals surface area contributed by atoms with Gasteiger partial charge in [0.05, 0.1) is 5.60 Å². The SMILES string of the molecule is C=C(C)C(=O)OCC(CC(C)(C)OOC(C)(C)C)OC(=O)O. The molecule has 22 heavy (non-hydrogen) atoms. The summed E-state index contributed by atoms with van der Waals surface area (Å²) in [5, 5.41) is 8.76. The quantitative estimate of drug-likeness (QED) is 0.318. The Hall–Kier alpha value is -1.60. The van der Waals surface area contributed by atoms with Crippen molar-refractivity contribution in [2.24, 2.45) is 0 Å². The van der Waals surface area contributed by atoms with Crippen LogP contribution in [-0.4, -0.2) is 41.1 Å². The van der Waals surface area contributed by atoms with E-state index >= 15 is 0 Å². The van der Waals surface area contributed by atoms with Crippen molar-refractivity contribution in [3.63, 3.8) is 0 Å². The van der Waals surface area contributed by atoms with Crippen LogP contribution in [0.1, 0.15) is 48.0 Å². The number of carbonyl (C=O) groups is 2. The minimum atomic E-state index is -1.45. The topological polar surface area (TPSA) is 91.3 Å². The third-order valence-corrected chi connectivity index (χ3v) is 2.25. The van der Waals surface area contributed by atoms with E-state index in [1.165, 1.54) is 6.92 Å². The second-order valence-corrected chi connectivity index (χ2v) is 6.63. The third kappa shape index (κ3) is 10.2. The Kier molecular flexibility index (Phi) is 7.55. The predicted molar refractivity (Wildman–Crippen MR) is 79.3 cm³/mol. The maximum Gasteiger partial charge on any atom is 0.506 e. The molecule has 0 rings (SSSR count). The molecule has 0 bridgehead atoms. The van der Waals surface area contributed by atoms with Crippen molar-refractivity contribution >= 4 is 12.1 Å². The number of hydrogen-bond acceptors (Lipinski definition) is 6. The summed E-state index contributed by atoms with van der Waals surface area (Å²) in [6.45, 7) is 13.6. The Morgan fingerprint density at radius 1 is 1.14 bits per heavy atom. The van der Waals surface area contributed by atoms with Crippen LogP contribution in [0.4, 0.5) is 4.79 Å². The number of carbonyl (C=O) groups excluding carboxylic acids is 1. The zero-order chi connectivity index (χ0) is 17.6. The van der Waals surface area contributed by atoms with Crippen LogP contribution in [0.15, 0.2) is 12.2 Å². The Bertz CT molecular complexity index is 407. The summed E-state index contributed by atoms with van der Waals surface area (Å²) in [5.41, 5.74) is -1.11. The highest BCUT2D eigenvalue weighted by Crippen LogP contribution is 2.22. The molecule has 0 aliphatic carbocycles. The number of rotatable bonds is 8. The molecule has 0 aromatic rings. The number of hydrogen-bond donors (Lipinski definition) is 1. The molecule has 7 nitrogen and oxygen atoms in total. The standard InChI is InChI=1S/C15H26O7/c1-10(2)12(16)19-9-11(20-13(17)18)8-15(6,7)22-21-14(3,4)5/h11H,1,8-9H2,2-7H3,(H,17,18). The van der Waals surface area contributed by atoms with Crippen molar-refractivity contribution in [2.75, 3.05) is 6.61 Å². The van der Waals surface area contributed by atoms with Crippen LogP contribution in [0.2, 0.25) is 0 Å². The van der Waals surface area contributed by atoms with Gasteiger partial charge in [0, 0.05) is 12.0 Å². The number of ether oxygens (including phenoxy) is 2. The molecule has 0 radical (unpaired) electrons. The molecule has 0 heterocycles. The molecular formula is C15H26O7. The van der Waals surface area contributed by atoms with Gasteiger partial charge >= 0.3 is 12.1 Å². The first-order valence-corrected chi connectivity index (χ1v) is 6.91. The van der Waals surface area contributed by atoms with E-state index in [1.807, 2.05) is 20.8 Å². The van der Waals surface area contributed by atoms with Crippen molar-refractivity contribution in [1.29, 1.82) is 0 Å². The van der Waals surface area contributed by atoms with Crippen LogP contribution in [0.5, 0.6) is 0 Å². The summed E-state index contributed by atoms with van der Waals surface area (Å²) in [7, 11) is 0. The molecule has 0 spiro atoms. The highest BCUT2D eigenvalue weighted by molar-refractivity contribution is 5.86. The Morgan fingerprint density at radius 2 is 1.68 bits per heavy atom. The lowest BCUT2D eigenvalue weighted by Gasteiger charge is -2.30. The van der Waals surface area contributed by atoms with E-state index in [9.17, 15) is 9.59 Å². The van der Waals surface area contributed by atoms with Gasteiger partial charge in [0.2, 0.25) is 0 Å². The first-order chi connectivity index (χ1) is 9.82. The van der Waals surface area contributed by atoms with Crippen molar-refractivity contribution < 1.29 is 33.9 Å². The number of esters is 1. The lowest BCUT2D eigenvalue weighted by atomic mass is 10.0. The van der Waals surface area contributed by atoms with Gasteiger partial charge in [-0.1, -0.05) is 6.58 Å². The van der Waals surface area contributed by atoms with E-state index in [1.54, 1.807) is 13.8 Å². The van der Waals surface area contributed by atoms with Crippen molar-refractivity contribution in [1.82, 2.24) is 0 Å². The molecule has 128 valence electrons. The fourth-order valence-electron chi connectivity index (χ4n) is 1.39. The first kappa shape index (κ1) is 20.4. The maximum atomic E-state index is 11.4. The monoisotopic (exact) mass is 318 g/mol. The fourth-order valence-corrected chi connectivity index (χ4v) is 1.39. The lowest BCUT2D eigenvalue weighted by molar-refractivity contribution is -0.400. The summed E-state index contributed by atoms with van der Waals surface area (Å²) >= 11 is 0. The minimum Gasteiger partial charge on any atom is -0.458 e. The van der Waals surface area contributed by atoms with Gasteiger partial charge in [-0.3, -0.25) is 0 Å². The smallest absolute Gasteiger partial charge is 0.458 e. The summed E-state index contributed by atoms with van der Waals surface area (Å²) < 4.78 is 9.66. The van der Waals surface area contributed by atoms with Gasteiger partial charge < -0.3 is 14.6 Å². The molecule has 0 aliphatic heterocycles. The average molecular weight is 318 g/mol. The summed E-state index contributed by atoms with van der Waals surface area (Å²) in [6.07, 6.45) is -2.18. The zero-order valence-corrected chi connectivity index (χ0v) is 14.1. The van der Waals surface area contributed by atoms with Crippen molar-refractivity contribution in [3.8, 4) is 0 Å². The first-order valence-electron chi connectivity index (χ1n) is 6.91. The molecule has 7 heteroatoms. The molecule has 1 unspecified atom stereocenters. The zero-order valence-electron chi connectivity index (χ0n) is 14.1. The molecule has 0 aromatic heterocycles. The predicted octanol–water partition coefficient (Wildman–Crippen LogP) is 3.08. The van der Waals surface area contributed by atoms with Gasteiger partial charge in [-0.2, -0.15) is 0 Å². The van der Waals surface area contributed by atoms with Gasteiger partial charge in [0.1, 0.15) is 18.3 Å². The molecule has 0 saturated carbocycles. The highest BCUT2D eigenvalue weighted by atomic mass is 17.2. The van der Waals surface area contributed by atoms with Crippen LogP contribution in [0.25, 0.3) is 0 Å². The molecule has 1 N–H and O–H groups in total. The van der Waals surface area contributed by atoms with Crippen LogP contribution in [0, 0.1) is 0 Å². The van der Waals surface area contributed by atoms with Gasteiger partial charge in [-0.25, -0.2) is 19.4 Å². The Balaban J connectivity index is 4.65. The van der Waals surface area contributed by atoms with Gasteiger partial charge in [0.25, 0.3) is 0 Å². The van der Waals surface area contributed by atoms with E-state index in [0.717, 1.165) is 0 Å². The van der Waals surface area contributed by atoms with Gasteiger partial charge in [-0.15, -0.1) is 0 Å². The van der Waals surface area contributed by atoms with E-state index < -0.39 is 29.4 Å². The van der Waals surface area contributed by atoms with Crippen molar-refractivity contribution in [2.45, 2.75) is 65.3 Å². The maximum absolute atomic E-state index is 11.4. The van der Waals surface area contributed by atoms with E-state index in [-0.39, 0.29) is 18.6 Å². The Morgan fingerprint density at radius 3 is 2.09 bits per heavy atom. The van der Waals surface area contributed by atoms with Crippen molar-refractivity contribution in [3.05, 3.63) is 12.2 Å². The average Bonchev–Trinajstić information content (AvgIpc) is 2.31. The molecule has 0 fully saturated rings. The van der Waals surface area contributed by atoms with E-state index in [0.29, 0.717) is 0 Å². The van der Waals surface area contributed by atoms with E-state index in [4.69, 9.17) is 24.4 Å². The van der Waals surface area contributed by atoms with Crippen LogP contribution >= 0.6 is 0 Å². The van der Waals surface area contributed by atoms with Crippen LogP contribution in [-0.2, 0) is 24.0 Å². The van der Waals surface area contributed by atoms with Gasteiger partial charge in [0.15, 0.2) is 0 Å². The molecule has 0 amide bonds. The van der Waals surface area contributed by atoms with Crippen LogP contribution < -0.4 is 0 Å². The van der Waals surface area contributed by atoms with E-state index in [2.05, 4.69) is 6.58 Å². The normalized spacial score (nSPS) is 13.4. The molecule has 0 saturated heterocycles. The highest BCUT2D eigenvalue weighted by Gasteiger charge is 2.30.